The van der Waals surface area contributed by atoms with Crippen molar-refractivity contribution in [3.8, 4) is 18.2 Å². The molecule has 4 N–H and O–H groups in total. The van der Waals surface area contributed by atoms with Crippen LogP contribution < -0.4 is 10.6 Å². The van der Waals surface area contributed by atoms with Gasteiger partial charge in [0.05, 0.1) is 37.0 Å². The van der Waals surface area contributed by atoms with Crippen molar-refractivity contribution in [1.82, 2.24) is 0 Å². The molecular formula is C18H19N5S+2. The summed E-state index contributed by atoms with van der Waals surface area (Å²) in [7, 11) is 0. The van der Waals surface area contributed by atoms with Crippen molar-refractivity contribution >= 4 is 11.3 Å². The van der Waals surface area contributed by atoms with Gasteiger partial charge in [-0.15, -0.1) is 11.3 Å². The quantitative estimate of drug-likeness (QED) is 0.814. The maximum absolute atomic E-state index is 9.94. The van der Waals surface area contributed by atoms with E-state index in [0.29, 0.717) is 5.57 Å². The van der Waals surface area contributed by atoms with Crippen LogP contribution in [0.5, 0.6) is 0 Å². The number of quaternary nitrogens is 2. The van der Waals surface area contributed by atoms with Crippen molar-refractivity contribution in [3.63, 3.8) is 0 Å². The lowest BCUT2D eigenvalue weighted by atomic mass is 9.57. The summed E-state index contributed by atoms with van der Waals surface area (Å²) in [6.07, 6.45) is 4.08. The Hall–Kier alpha value is -2.43. The predicted octanol–water partition coefficient (Wildman–Crippen LogP) is 0.358. The third-order valence-corrected chi connectivity index (χ3v) is 6.23. The van der Waals surface area contributed by atoms with Gasteiger partial charge in [-0.2, -0.15) is 15.8 Å². The van der Waals surface area contributed by atoms with E-state index in [1.165, 1.54) is 4.90 Å². The molecule has 0 fully saturated rings. The molecular weight excluding hydrogens is 318 g/mol. The van der Waals surface area contributed by atoms with Crippen molar-refractivity contribution in [2.45, 2.75) is 18.9 Å². The zero-order valence-corrected chi connectivity index (χ0v) is 14.3. The third kappa shape index (κ3) is 2.19. The Balaban J connectivity index is 2.28. The minimum absolute atomic E-state index is 0.0180. The van der Waals surface area contributed by atoms with Gasteiger partial charge in [0, 0.05) is 16.7 Å². The van der Waals surface area contributed by atoms with Crippen molar-refractivity contribution in [2.75, 3.05) is 13.1 Å². The van der Waals surface area contributed by atoms with Gasteiger partial charge < -0.3 is 10.6 Å². The molecule has 5 nitrogen and oxygen atoms in total. The lowest BCUT2D eigenvalue weighted by Gasteiger charge is -2.43. The van der Waals surface area contributed by atoms with E-state index in [1.807, 2.05) is 23.6 Å². The number of thiophene rings is 1. The average Bonchev–Trinajstić information content (AvgIpc) is 3.14. The summed E-state index contributed by atoms with van der Waals surface area (Å²) in [4.78, 5) is 2.31. The van der Waals surface area contributed by atoms with E-state index in [0.717, 1.165) is 23.5 Å². The van der Waals surface area contributed by atoms with Crippen molar-refractivity contribution in [3.05, 3.63) is 45.8 Å². The molecule has 3 rings (SSSR count). The summed E-state index contributed by atoms with van der Waals surface area (Å²) >= 11 is 1.57. The molecule has 2 heterocycles. The zero-order chi connectivity index (χ0) is 17.3. The standard InChI is InChI=1S/C18H17N5S/c1-2-23-6-5-12-13(8-19)17(22)18(10-20,11-21)16(14(12)9-23)15-4-3-7-24-15/h3-7,14,16-17H,2,9,22H2,1H3/p+2/t14-,16-,17+/m0/s1. The minimum Gasteiger partial charge on any atom is -0.348 e. The third-order valence-electron chi connectivity index (χ3n) is 5.28. The largest absolute Gasteiger partial charge is 0.348 e. The number of rotatable bonds is 2. The Labute approximate surface area is 145 Å². The summed E-state index contributed by atoms with van der Waals surface area (Å²) < 4.78 is 0. The van der Waals surface area contributed by atoms with Crippen LogP contribution in [0.4, 0.5) is 0 Å². The van der Waals surface area contributed by atoms with E-state index in [4.69, 9.17) is 0 Å². The van der Waals surface area contributed by atoms with Crippen LogP contribution in [0.25, 0.3) is 0 Å². The van der Waals surface area contributed by atoms with Crippen LogP contribution in [0.3, 0.4) is 0 Å². The molecule has 1 aromatic heterocycles. The van der Waals surface area contributed by atoms with Crippen LogP contribution >= 0.6 is 11.3 Å². The van der Waals surface area contributed by atoms with Gasteiger partial charge in [-0.25, -0.2) is 0 Å². The molecule has 0 bridgehead atoms. The minimum atomic E-state index is -1.31. The second-order valence-electron chi connectivity index (χ2n) is 6.27. The maximum Gasteiger partial charge on any atom is 0.208 e. The van der Waals surface area contributed by atoms with Gasteiger partial charge in [0.25, 0.3) is 0 Å². The second kappa shape index (κ2) is 6.23. The van der Waals surface area contributed by atoms with E-state index in [9.17, 15) is 15.8 Å². The molecule has 0 radical (unpaired) electrons. The van der Waals surface area contributed by atoms with Gasteiger partial charge >= 0.3 is 0 Å². The van der Waals surface area contributed by atoms with E-state index in [1.54, 1.807) is 11.3 Å². The molecule has 1 aliphatic carbocycles. The van der Waals surface area contributed by atoms with E-state index in [-0.39, 0.29) is 11.8 Å². The predicted molar refractivity (Wildman–Crippen MR) is 89.0 cm³/mol. The highest BCUT2D eigenvalue weighted by Crippen LogP contribution is 2.52. The first-order valence-corrected chi connectivity index (χ1v) is 8.86. The highest BCUT2D eigenvalue weighted by atomic mass is 32.1. The average molecular weight is 337 g/mol. The molecule has 0 aromatic carbocycles. The summed E-state index contributed by atoms with van der Waals surface area (Å²) in [5, 5.41) is 31.5. The number of nitriles is 3. The molecule has 1 aliphatic heterocycles. The smallest absolute Gasteiger partial charge is 0.208 e. The van der Waals surface area contributed by atoms with Crippen LogP contribution in [0.15, 0.2) is 40.9 Å². The number of allylic oxidation sites excluding steroid dienone is 1. The zero-order valence-electron chi connectivity index (χ0n) is 13.5. The Bertz CT molecular complexity index is 801. The summed E-state index contributed by atoms with van der Waals surface area (Å²) in [6.45, 7) is 3.82. The van der Waals surface area contributed by atoms with Gasteiger partial charge in [0.15, 0.2) is 6.04 Å². The molecule has 0 spiro atoms. The highest BCUT2D eigenvalue weighted by molar-refractivity contribution is 7.10. The van der Waals surface area contributed by atoms with Gasteiger partial charge in [-0.1, -0.05) is 6.07 Å². The topological polar surface area (TPSA) is 103 Å². The second-order valence-corrected chi connectivity index (χ2v) is 7.25. The fourth-order valence-electron chi connectivity index (χ4n) is 3.96. The van der Waals surface area contributed by atoms with Crippen LogP contribution in [-0.2, 0) is 0 Å². The normalized spacial score (nSPS) is 30.8. The Kier molecular flexibility index (Phi) is 4.26. The highest BCUT2D eigenvalue weighted by Gasteiger charge is 2.59. The molecule has 1 aromatic rings. The first kappa shape index (κ1) is 16.4. The van der Waals surface area contributed by atoms with E-state index in [2.05, 4.69) is 37.1 Å². The fraction of sp³-hybridized carbons (Fsp3) is 0.389. The molecule has 0 saturated heterocycles. The lowest BCUT2D eigenvalue weighted by Crippen LogP contribution is -3.08. The SMILES string of the molecule is CC[NH+]1C=CC2=C(C#N)[C@@H]([NH3+])C(C#N)(C#N)[C@H](c3cccs3)[C@H]2C1. The maximum atomic E-state index is 9.94. The number of nitrogens with zero attached hydrogens (tertiary/aromatic N) is 3. The molecule has 0 saturated carbocycles. The Morgan fingerprint density at radius 2 is 2.12 bits per heavy atom. The number of fused-ring (bicyclic) bond motifs is 1. The Morgan fingerprint density at radius 3 is 2.67 bits per heavy atom. The molecule has 2 aliphatic rings. The molecule has 0 amide bonds. The van der Waals surface area contributed by atoms with Gasteiger partial charge in [0.2, 0.25) is 5.41 Å². The number of hydrogen-bond donors (Lipinski definition) is 2. The van der Waals surface area contributed by atoms with Crippen LogP contribution in [0, 0.1) is 45.3 Å². The molecule has 24 heavy (non-hydrogen) atoms. The van der Waals surface area contributed by atoms with Gasteiger partial charge in [-0.05, 0) is 30.0 Å². The number of nitrogens with one attached hydrogen (secondary N) is 1. The van der Waals surface area contributed by atoms with E-state index < -0.39 is 11.5 Å². The number of hydrogen-bond acceptors (Lipinski definition) is 4. The first-order chi connectivity index (χ1) is 11.6. The molecule has 6 heteroatoms. The monoisotopic (exact) mass is 337 g/mol. The van der Waals surface area contributed by atoms with Crippen LogP contribution in [-0.4, -0.2) is 19.1 Å². The summed E-state index contributed by atoms with van der Waals surface area (Å²) in [6, 6.07) is 10.0. The summed E-state index contributed by atoms with van der Waals surface area (Å²) in [5.41, 5.74) is 4.20. The molecule has 120 valence electrons. The first-order valence-electron chi connectivity index (χ1n) is 7.98. The van der Waals surface area contributed by atoms with Crippen molar-refractivity contribution < 1.29 is 10.6 Å². The van der Waals surface area contributed by atoms with Crippen molar-refractivity contribution in [2.24, 2.45) is 11.3 Å². The van der Waals surface area contributed by atoms with Gasteiger partial charge in [-0.3, -0.25) is 0 Å². The van der Waals surface area contributed by atoms with E-state index >= 15 is 0 Å². The van der Waals surface area contributed by atoms with Crippen LogP contribution in [0.2, 0.25) is 0 Å². The lowest BCUT2D eigenvalue weighted by molar-refractivity contribution is -0.850. The summed E-state index contributed by atoms with van der Waals surface area (Å²) in [5.74, 6) is -0.274. The molecule has 1 unspecified atom stereocenters. The van der Waals surface area contributed by atoms with Crippen molar-refractivity contribution in [1.29, 1.82) is 15.8 Å². The fourth-order valence-corrected chi connectivity index (χ4v) is 4.93. The molecule has 4 atom stereocenters. The Morgan fingerprint density at radius 1 is 1.38 bits per heavy atom. The van der Waals surface area contributed by atoms with Gasteiger partial charge in [0.1, 0.15) is 6.07 Å². The van der Waals surface area contributed by atoms with Crippen LogP contribution in [0.1, 0.15) is 17.7 Å².